The van der Waals surface area contributed by atoms with Gasteiger partial charge in [0.25, 0.3) is 0 Å². The summed E-state index contributed by atoms with van der Waals surface area (Å²) < 4.78 is 0. The first-order valence-electron chi connectivity index (χ1n) is 3.94. The summed E-state index contributed by atoms with van der Waals surface area (Å²) in [5.41, 5.74) is 1.57. The monoisotopic (exact) mass is 162 g/mol. The number of aromatic amines is 2. The van der Waals surface area contributed by atoms with Gasteiger partial charge in [0.2, 0.25) is 0 Å². The summed E-state index contributed by atoms with van der Waals surface area (Å²) in [5, 5.41) is 0. The van der Waals surface area contributed by atoms with E-state index in [2.05, 4.69) is 16.9 Å². The zero-order chi connectivity index (χ0) is 8.55. The number of aromatic nitrogens is 2. The highest BCUT2D eigenvalue weighted by Crippen LogP contribution is 2.14. The minimum atomic E-state index is -0.149. The van der Waals surface area contributed by atoms with E-state index in [1.807, 2.05) is 24.3 Å². The highest BCUT2D eigenvalue weighted by Gasteiger charge is 2.04. The van der Waals surface area contributed by atoms with Crippen LogP contribution >= 0.6 is 0 Å². The number of hydrogen-bond donors (Lipinski definition) is 2. The van der Waals surface area contributed by atoms with Crippen molar-refractivity contribution in [2.75, 3.05) is 0 Å². The van der Waals surface area contributed by atoms with Crippen LogP contribution < -0.4 is 5.69 Å². The summed E-state index contributed by atoms with van der Waals surface area (Å²) in [6, 6.07) is 0. The van der Waals surface area contributed by atoms with E-state index in [1.54, 1.807) is 0 Å². The van der Waals surface area contributed by atoms with Gasteiger partial charge in [0.15, 0.2) is 0 Å². The third-order valence-electron chi connectivity index (χ3n) is 1.92. The quantitative estimate of drug-likeness (QED) is 0.594. The largest absolute Gasteiger partial charge is 0.323 e. The van der Waals surface area contributed by atoms with Crippen LogP contribution in [0, 0.1) is 5.92 Å². The first-order valence-corrected chi connectivity index (χ1v) is 3.94. The zero-order valence-corrected chi connectivity index (χ0v) is 6.79. The van der Waals surface area contributed by atoms with Gasteiger partial charge in [0, 0.05) is 0 Å². The second kappa shape index (κ2) is 2.52. The van der Waals surface area contributed by atoms with Crippen molar-refractivity contribution in [1.82, 2.24) is 9.97 Å². The number of fused-ring (bicyclic) bond motifs is 1. The van der Waals surface area contributed by atoms with Gasteiger partial charge in [-0.25, -0.2) is 4.79 Å². The zero-order valence-electron chi connectivity index (χ0n) is 6.79. The fourth-order valence-corrected chi connectivity index (χ4v) is 1.23. The highest BCUT2D eigenvalue weighted by molar-refractivity contribution is 5.62. The Morgan fingerprint density at radius 3 is 2.17 bits per heavy atom. The molecule has 1 aromatic rings. The fourth-order valence-electron chi connectivity index (χ4n) is 1.23. The van der Waals surface area contributed by atoms with Gasteiger partial charge >= 0.3 is 5.69 Å². The third-order valence-corrected chi connectivity index (χ3v) is 1.92. The first-order chi connectivity index (χ1) is 5.75. The lowest BCUT2D eigenvalue weighted by molar-refractivity contribution is 0.952. The average Bonchev–Trinajstić information content (AvgIpc) is 2.31. The normalized spacial score (nSPS) is 16.1. The van der Waals surface area contributed by atoms with Crippen molar-refractivity contribution in [1.29, 1.82) is 0 Å². The van der Waals surface area contributed by atoms with E-state index in [-0.39, 0.29) is 5.69 Å². The van der Waals surface area contributed by atoms with E-state index in [0.29, 0.717) is 5.92 Å². The molecule has 1 heterocycles. The molecule has 0 amide bonds. The molecule has 0 unspecified atom stereocenters. The summed E-state index contributed by atoms with van der Waals surface area (Å²) in [5.74, 6) is 0.425. The summed E-state index contributed by atoms with van der Waals surface area (Å²) in [7, 11) is 0. The molecular formula is C9H10N2O. The Labute approximate surface area is 69.8 Å². The van der Waals surface area contributed by atoms with Crippen molar-refractivity contribution in [3.8, 4) is 0 Å². The van der Waals surface area contributed by atoms with Gasteiger partial charge in [-0.15, -0.1) is 0 Å². The van der Waals surface area contributed by atoms with Gasteiger partial charge in [0.1, 0.15) is 0 Å². The van der Waals surface area contributed by atoms with E-state index in [9.17, 15) is 4.79 Å². The Balaban J connectivity index is 2.56. The number of rotatable bonds is 0. The Kier molecular flexibility index (Phi) is 1.50. The molecule has 0 saturated heterocycles. The molecule has 0 bridgehead atoms. The minimum Gasteiger partial charge on any atom is -0.306 e. The van der Waals surface area contributed by atoms with Crippen molar-refractivity contribution in [2.45, 2.75) is 6.92 Å². The number of hydrogen-bond acceptors (Lipinski definition) is 1. The van der Waals surface area contributed by atoms with E-state index in [0.717, 1.165) is 11.4 Å². The Hall–Kier alpha value is -1.51. The molecule has 1 aromatic heterocycles. The second-order valence-corrected chi connectivity index (χ2v) is 2.98. The van der Waals surface area contributed by atoms with Gasteiger partial charge in [-0.1, -0.05) is 19.1 Å². The molecule has 0 aliphatic heterocycles. The SMILES string of the molecule is CC1C=Cc2[nH]c(=O)[nH]c2C=C1. The van der Waals surface area contributed by atoms with Crippen LogP contribution in [-0.2, 0) is 0 Å². The highest BCUT2D eigenvalue weighted by atomic mass is 16.1. The maximum absolute atomic E-state index is 10.9. The predicted molar refractivity (Wildman–Crippen MR) is 48.6 cm³/mol. The Morgan fingerprint density at radius 2 is 1.67 bits per heavy atom. The lowest BCUT2D eigenvalue weighted by Crippen LogP contribution is -2.00. The molecule has 3 nitrogen and oxygen atoms in total. The molecule has 0 radical (unpaired) electrons. The molecule has 2 N–H and O–H groups in total. The lowest BCUT2D eigenvalue weighted by Gasteiger charge is -1.91. The maximum Gasteiger partial charge on any atom is 0.323 e. The number of nitrogens with one attached hydrogen (secondary N) is 2. The molecule has 0 atom stereocenters. The summed E-state index contributed by atoms with van der Waals surface area (Å²) >= 11 is 0. The molecule has 0 saturated carbocycles. The van der Waals surface area contributed by atoms with Gasteiger partial charge in [0.05, 0.1) is 11.4 Å². The molecule has 0 aromatic carbocycles. The third kappa shape index (κ3) is 1.13. The van der Waals surface area contributed by atoms with Crippen LogP contribution in [0.2, 0.25) is 0 Å². The van der Waals surface area contributed by atoms with E-state index in [1.165, 1.54) is 0 Å². The van der Waals surface area contributed by atoms with Crippen LogP contribution in [0.25, 0.3) is 12.2 Å². The van der Waals surface area contributed by atoms with E-state index in [4.69, 9.17) is 0 Å². The van der Waals surface area contributed by atoms with Gasteiger partial charge in [-0.2, -0.15) is 0 Å². The van der Waals surface area contributed by atoms with E-state index >= 15 is 0 Å². The first kappa shape index (κ1) is 7.16. The molecule has 1 aliphatic carbocycles. The molecule has 3 heteroatoms. The second-order valence-electron chi connectivity index (χ2n) is 2.98. The molecule has 2 rings (SSSR count). The maximum atomic E-state index is 10.9. The molecule has 0 fully saturated rings. The summed E-state index contributed by atoms with van der Waals surface area (Å²) in [4.78, 5) is 16.3. The van der Waals surface area contributed by atoms with Crippen molar-refractivity contribution in [3.63, 3.8) is 0 Å². The molecular weight excluding hydrogens is 152 g/mol. The average molecular weight is 162 g/mol. The van der Waals surface area contributed by atoms with Crippen LogP contribution in [-0.4, -0.2) is 9.97 Å². The molecule has 0 spiro atoms. The fraction of sp³-hybridized carbons (Fsp3) is 0.222. The van der Waals surface area contributed by atoms with Gasteiger partial charge < -0.3 is 9.97 Å². The number of H-pyrrole nitrogens is 2. The van der Waals surface area contributed by atoms with Crippen molar-refractivity contribution < 1.29 is 0 Å². The van der Waals surface area contributed by atoms with Crippen LogP contribution in [0.4, 0.5) is 0 Å². The Morgan fingerprint density at radius 1 is 1.17 bits per heavy atom. The smallest absolute Gasteiger partial charge is 0.306 e. The molecule has 62 valence electrons. The van der Waals surface area contributed by atoms with Crippen LogP contribution in [0.3, 0.4) is 0 Å². The Bertz CT molecular complexity index is 360. The van der Waals surface area contributed by atoms with Gasteiger partial charge in [-0.05, 0) is 18.1 Å². The summed E-state index contributed by atoms with van der Waals surface area (Å²) in [6.45, 7) is 2.09. The van der Waals surface area contributed by atoms with E-state index < -0.39 is 0 Å². The van der Waals surface area contributed by atoms with Crippen LogP contribution in [0.15, 0.2) is 16.9 Å². The minimum absolute atomic E-state index is 0.149. The van der Waals surface area contributed by atoms with Crippen LogP contribution in [0.5, 0.6) is 0 Å². The standard InChI is InChI=1S/C9H10N2O/c1-6-2-4-7-8(5-3-6)11-9(12)10-7/h2-6H,1H3,(H2,10,11,12). The van der Waals surface area contributed by atoms with Gasteiger partial charge in [-0.3, -0.25) is 0 Å². The van der Waals surface area contributed by atoms with Crippen LogP contribution in [0.1, 0.15) is 18.3 Å². The van der Waals surface area contributed by atoms with Crippen molar-refractivity contribution >= 4 is 12.2 Å². The number of imidazole rings is 1. The molecule has 12 heavy (non-hydrogen) atoms. The van der Waals surface area contributed by atoms with Crippen molar-refractivity contribution in [3.05, 3.63) is 34.0 Å². The topological polar surface area (TPSA) is 48.6 Å². The lowest BCUT2D eigenvalue weighted by atomic mass is 10.2. The number of allylic oxidation sites excluding steroid dienone is 2. The summed E-state index contributed by atoms with van der Waals surface area (Å²) in [6.07, 6.45) is 7.95. The molecule has 1 aliphatic rings. The predicted octanol–water partition coefficient (Wildman–Crippen LogP) is 1.38. The van der Waals surface area contributed by atoms with Crippen molar-refractivity contribution in [2.24, 2.45) is 5.92 Å².